The van der Waals surface area contributed by atoms with E-state index in [-0.39, 0.29) is 12.3 Å². The summed E-state index contributed by atoms with van der Waals surface area (Å²) in [4.78, 5) is 19.3. The molecule has 0 radical (unpaired) electrons. The zero-order chi connectivity index (χ0) is 21.3. The third-order valence-electron chi connectivity index (χ3n) is 6.15. The molecule has 0 saturated carbocycles. The Morgan fingerprint density at radius 3 is 2.40 bits per heavy atom. The van der Waals surface area contributed by atoms with Crippen LogP contribution in [0.3, 0.4) is 0 Å². The van der Waals surface area contributed by atoms with Crippen molar-refractivity contribution in [3.63, 3.8) is 0 Å². The number of carbonyl (C=O) groups is 1. The first-order valence-electron chi connectivity index (χ1n) is 11.0. The Hall–Kier alpha value is -2.19. The minimum atomic E-state index is -0.462. The van der Waals surface area contributed by atoms with E-state index in [0.717, 1.165) is 63.1 Å². The van der Waals surface area contributed by atoms with E-state index in [4.69, 9.17) is 4.74 Å². The molecule has 2 aliphatic rings. The number of likely N-dealkylation sites (tertiary alicyclic amines) is 1. The number of carbonyl (C=O) groups excluding carboxylic acids is 1. The van der Waals surface area contributed by atoms with E-state index in [1.807, 2.05) is 43.9 Å². The maximum Gasteiger partial charge on any atom is 0.410 e. The summed E-state index contributed by atoms with van der Waals surface area (Å²) in [5, 5.41) is 8.99. The van der Waals surface area contributed by atoms with Crippen molar-refractivity contribution in [2.75, 3.05) is 46.3 Å². The van der Waals surface area contributed by atoms with Gasteiger partial charge in [-0.25, -0.2) is 9.48 Å². The second-order valence-corrected chi connectivity index (χ2v) is 9.58. The Morgan fingerprint density at radius 1 is 1.07 bits per heavy atom. The number of ether oxygens (including phenoxy) is 1. The van der Waals surface area contributed by atoms with Crippen LogP contribution in [0.5, 0.6) is 0 Å². The highest BCUT2D eigenvalue weighted by atomic mass is 16.6. The van der Waals surface area contributed by atoms with Crippen LogP contribution in [-0.2, 0) is 4.74 Å². The molecule has 1 unspecified atom stereocenters. The van der Waals surface area contributed by atoms with Gasteiger partial charge in [-0.2, -0.15) is 0 Å². The number of likely N-dealkylation sites (N-methyl/N-ethyl adjacent to an activating group) is 1. The van der Waals surface area contributed by atoms with Crippen LogP contribution in [0.15, 0.2) is 24.3 Å². The van der Waals surface area contributed by atoms with Gasteiger partial charge in [0.1, 0.15) is 17.3 Å². The molecule has 1 aromatic heterocycles. The van der Waals surface area contributed by atoms with Crippen LogP contribution >= 0.6 is 0 Å². The van der Waals surface area contributed by atoms with Gasteiger partial charge in [-0.3, -0.25) is 4.90 Å². The van der Waals surface area contributed by atoms with Crippen molar-refractivity contribution in [1.29, 1.82) is 0 Å². The predicted molar refractivity (Wildman–Crippen MR) is 116 cm³/mol. The number of benzene rings is 1. The number of hydrogen-bond donors (Lipinski definition) is 0. The van der Waals surface area contributed by atoms with Crippen LogP contribution in [0.2, 0.25) is 0 Å². The molecule has 2 saturated heterocycles. The van der Waals surface area contributed by atoms with Crippen molar-refractivity contribution in [1.82, 2.24) is 29.7 Å². The molecule has 0 bridgehead atoms. The number of nitrogens with zero attached hydrogens (tertiary/aromatic N) is 6. The molecule has 2 aliphatic heterocycles. The van der Waals surface area contributed by atoms with E-state index in [1.165, 1.54) is 0 Å². The Labute approximate surface area is 178 Å². The average Bonchev–Trinajstić information content (AvgIpc) is 3.13. The van der Waals surface area contributed by atoms with Crippen molar-refractivity contribution in [2.45, 2.75) is 45.4 Å². The first kappa shape index (κ1) is 21.1. The van der Waals surface area contributed by atoms with Crippen LogP contribution in [0.25, 0.3) is 11.0 Å². The molecule has 2 fully saturated rings. The van der Waals surface area contributed by atoms with E-state index in [0.29, 0.717) is 5.92 Å². The molecule has 1 amide bonds. The highest BCUT2D eigenvalue weighted by Crippen LogP contribution is 2.34. The number of hydrogen-bond acceptors (Lipinski definition) is 6. The largest absolute Gasteiger partial charge is 0.444 e. The van der Waals surface area contributed by atoms with E-state index in [9.17, 15) is 4.79 Å². The van der Waals surface area contributed by atoms with Gasteiger partial charge in [-0.1, -0.05) is 17.3 Å². The van der Waals surface area contributed by atoms with E-state index in [2.05, 4.69) is 37.9 Å². The third kappa shape index (κ3) is 4.59. The smallest absolute Gasteiger partial charge is 0.410 e. The lowest BCUT2D eigenvalue weighted by Crippen LogP contribution is -2.51. The Morgan fingerprint density at radius 2 is 1.73 bits per heavy atom. The summed E-state index contributed by atoms with van der Waals surface area (Å²) in [5.74, 6) is 0.414. The molecular formula is C22H34N6O2. The van der Waals surface area contributed by atoms with Crippen molar-refractivity contribution in [2.24, 2.45) is 5.92 Å². The molecule has 1 aromatic carbocycles. The van der Waals surface area contributed by atoms with Crippen molar-refractivity contribution in [3.8, 4) is 0 Å². The zero-order valence-corrected chi connectivity index (χ0v) is 18.6. The molecule has 1 atom stereocenters. The van der Waals surface area contributed by atoms with Crippen LogP contribution < -0.4 is 0 Å². The predicted octanol–water partition coefficient (Wildman–Crippen LogP) is 2.82. The van der Waals surface area contributed by atoms with Crippen molar-refractivity contribution in [3.05, 3.63) is 24.3 Å². The van der Waals surface area contributed by atoms with E-state index < -0.39 is 5.60 Å². The molecule has 3 heterocycles. The number of para-hydroxylation sites is 1. The van der Waals surface area contributed by atoms with Gasteiger partial charge in [-0.05, 0) is 58.7 Å². The number of aromatic nitrogens is 3. The van der Waals surface area contributed by atoms with Crippen molar-refractivity contribution < 1.29 is 9.53 Å². The highest BCUT2D eigenvalue weighted by Gasteiger charge is 2.36. The first-order chi connectivity index (χ1) is 14.3. The third-order valence-corrected chi connectivity index (χ3v) is 6.15. The summed E-state index contributed by atoms with van der Waals surface area (Å²) in [5.41, 5.74) is 1.55. The lowest BCUT2D eigenvalue weighted by molar-refractivity contribution is -0.00600. The van der Waals surface area contributed by atoms with Crippen molar-refractivity contribution >= 4 is 17.1 Å². The van der Waals surface area contributed by atoms with Gasteiger partial charge in [0.05, 0.1) is 5.52 Å². The van der Waals surface area contributed by atoms with Gasteiger partial charge in [0, 0.05) is 39.3 Å². The summed E-state index contributed by atoms with van der Waals surface area (Å²) >= 11 is 0. The number of amides is 1. The summed E-state index contributed by atoms with van der Waals surface area (Å²) in [6.45, 7) is 11.3. The average molecular weight is 415 g/mol. The van der Waals surface area contributed by atoms with Gasteiger partial charge in [0.15, 0.2) is 0 Å². The van der Waals surface area contributed by atoms with Gasteiger partial charge < -0.3 is 14.5 Å². The lowest BCUT2D eigenvalue weighted by atomic mass is 9.92. The molecular weight excluding hydrogens is 380 g/mol. The molecule has 8 heteroatoms. The van der Waals surface area contributed by atoms with Gasteiger partial charge in [-0.15, -0.1) is 5.10 Å². The van der Waals surface area contributed by atoms with Crippen LogP contribution in [-0.4, -0.2) is 87.7 Å². The second-order valence-electron chi connectivity index (χ2n) is 9.58. The van der Waals surface area contributed by atoms with Gasteiger partial charge in [0.2, 0.25) is 0 Å². The Kier molecular flexibility index (Phi) is 5.97. The first-order valence-corrected chi connectivity index (χ1v) is 11.0. The fraction of sp³-hybridized carbons (Fsp3) is 0.682. The Bertz CT molecular complexity index is 860. The Balaban J connectivity index is 1.53. The number of rotatable bonds is 3. The SMILES string of the molecule is CN1CCN(C(C2CCN(C(=O)OC(C)(C)C)CC2)n2nnc3ccccc32)CC1. The monoisotopic (exact) mass is 414 g/mol. The fourth-order valence-electron chi connectivity index (χ4n) is 4.53. The van der Waals surface area contributed by atoms with Crippen LogP contribution in [0.4, 0.5) is 4.79 Å². The van der Waals surface area contributed by atoms with Gasteiger partial charge >= 0.3 is 6.09 Å². The zero-order valence-electron chi connectivity index (χ0n) is 18.6. The number of piperidine rings is 1. The maximum atomic E-state index is 12.5. The molecule has 2 aromatic rings. The van der Waals surface area contributed by atoms with Crippen LogP contribution in [0.1, 0.15) is 39.8 Å². The molecule has 0 N–H and O–H groups in total. The normalized spacial score (nSPS) is 21.1. The minimum absolute atomic E-state index is 0.159. The summed E-state index contributed by atoms with van der Waals surface area (Å²) in [6, 6.07) is 8.18. The summed E-state index contributed by atoms with van der Waals surface area (Å²) in [6.07, 6.45) is 1.82. The number of fused-ring (bicyclic) bond motifs is 1. The topological polar surface area (TPSA) is 66.7 Å². The second kappa shape index (κ2) is 8.51. The molecule has 0 aliphatic carbocycles. The molecule has 164 valence electrons. The van der Waals surface area contributed by atoms with E-state index >= 15 is 0 Å². The highest BCUT2D eigenvalue weighted by molar-refractivity contribution is 5.74. The molecule has 8 nitrogen and oxygen atoms in total. The summed E-state index contributed by atoms with van der Waals surface area (Å²) in [7, 11) is 2.18. The minimum Gasteiger partial charge on any atom is -0.444 e. The molecule has 0 spiro atoms. The number of piperazine rings is 1. The molecule has 4 rings (SSSR count). The standard InChI is InChI=1S/C22H34N6O2/c1-22(2,3)30-21(29)27-11-9-17(10-12-27)20(26-15-13-25(4)14-16-26)28-19-8-6-5-7-18(19)23-24-28/h5-8,17,20H,9-16H2,1-4H3. The van der Waals surface area contributed by atoms with Gasteiger partial charge in [0.25, 0.3) is 0 Å². The molecule has 30 heavy (non-hydrogen) atoms. The van der Waals surface area contributed by atoms with Crippen LogP contribution in [0, 0.1) is 5.92 Å². The summed E-state index contributed by atoms with van der Waals surface area (Å²) < 4.78 is 7.69. The fourth-order valence-corrected chi connectivity index (χ4v) is 4.53. The lowest BCUT2D eigenvalue weighted by Gasteiger charge is -2.43. The maximum absolute atomic E-state index is 12.5. The van der Waals surface area contributed by atoms with E-state index in [1.54, 1.807) is 0 Å². The quantitative estimate of drug-likeness (QED) is 0.769.